The fourth-order valence-electron chi connectivity index (χ4n) is 2.34. The van der Waals surface area contributed by atoms with Crippen LogP contribution in [0.1, 0.15) is 36.7 Å². The molecule has 0 aromatic heterocycles. The van der Waals surface area contributed by atoms with E-state index in [9.17, 15) is 9.59 Å². The lowest BCUT2D eigenvalue weighted by molar-refractivity contribution is -0.133. The number of benzene rings is 1. The number of nitrogens with one attached hydrogen (secondary N) is 1. The van der Waals surface area contributed by atoms with Gasteiger partial charge in [0.15, 0.2) is 0 Å². The molecule has 0 aliphatic heterocycles. The van der Waals surface area contributed by atoms with Crippen LogP contribution >= 0.6 is 0 Å². The molecule has 0 saturated carbocycles. The zero-order valence-electron chi connectivity index (χ0n) is 14.5. The normalized spacial score (nSPS) is 13.1. The largest absolute Gasteiger partial charge is 0.343 e. The molecule has 1 rings (SSSR count). The lowest BCUT2D eigenvalue weighted by atomic mass is 10.0. The van der Waals surface area contributed by atoms with Gasteiger partial charge in [-0.3, -0.25) is 9.59 Å². The molecule has 0 bridgehead atoms. The van der Waals surface area contributed by atoms with Gasteiger partial charge in [0.2, 0.25) is 5.91 Å². The molecule has 0 heterocycles. The van der Waals surface area contributed by atoms with Crippen molar-refractivity contribution < 1.29 is 9.59 Å². The average Bonchev–Trinajstić information content (AvgIpc) is 2.51. The van der Waals surface area contributed by atoms with E-state index in [0.717, 1.165) is 5.56 Å². The van der Waals surface area contributed by atoms with Crippen LogP contribution in [-0.4, -0.2) is 36.3 Å². The van der Waals surface area contributed by atoms with Crippen molar-refractivity contribution in [3.8, 4) is 6.07 Å². The molecule has 5 heteroatoms. The number of likely N-dealkylation sites (N-methyl/N-ethyl adjacent to an activating group) is 1. The number of hydrogen-bond acceptors (Lipinski definition) is 3. The first-order chi connectivity index (χ1) is 10.8. The van der Waals surface area contributed by atoms with Crippen molar-refractivity contribution in [2.24, 2.45) is 11.8 Å². The van der Waals surface area contributed by atoms with E-state index < -0.39 is 6.04 Å². The summed E-state index contributed by atoms with van der Waals surface area (Å²) in [7, 11) is 1.66. The summed E-state index contributed by atoms with van der Waals surface area (Å²) < 4.78 is 0. The Labute approximate surface area is 138 Å². The maximum Gasteiger partial charge on any atom is 0.252 e. The van der Waals surface area contributed by atoms with Gasteiger partial charge in [-0.1, -0.05) is 32.0 Å². The topological polar surface area (TPSA) is 73.2 Å². The minimum Gasteiger partial charge on any atom is -0.343 e. The van der Waals surface area contributed by atoms with E-state index in [1.165, 1.54) is 4.90 Å². The van der Waals surface area contributed by atoms with E-state index in [1.54, 1.807) is 26.1 Å². The molecule has 2 amide bonds. The first-order valence-electron chi connectivity index (χ1n) is 7.79. The molecule has 0 aliphatic rings. The molecule has 23 heavy (non-hydrogen) atoms. The van der Waals surface area contributed by atoms with E-state index in [-0.39, 0.29) is 23.7 Å². The highest BCUT2D eigenvalue weighted by molar-refractivity contribution is 5.98. The Morgan fingerprint density at radius 3 is 2.39 bits per heavy atom. The summed E-state index contributed by atoms with van der Waals surface area (Å²) in [6.07, 6.45) is 0. The van der Waals surface area contributed by atoms with Gasteiger partial charge >= 0.3 is 0 Å². The highest BCUT2D eigenvalue weighted by atomic mass is 16.2. The predicted octanol–water partition coefficient (Wildman–Crippen LogP) is 2.37. The van der Waals surface area contributed by atoms with Crippen molar-refractivity contribution in [1.29, 1.82) is 5.26 Å². The molecule has 0 saturated heterocycles. The fourth-order valence-corrected chi connectivity index (χ4v) is 2.34. The van der Waals surface area contributed by atoms with Gasteiger partial charge in [0, 0.05) is 19.2 Å². The summed E-state index contributed by atoms with van der Waals surface area (Å²) in [5.74, 6) is -0.722. The van der Waals surface area contributed by atoms with Crippen LogP contribution in [-0.2, 0) is 4.79 Å². The molecule has 0 fully saturated rings. The molecule has 5 nitrogen and oxygen atoms in total. The van der Waals surface area contributed by atoms with E-state index >= 15 is 0 Å². The van der Waals surface area contributed by atoms with Gasteiger partial charge in [0.25, 0.3) is 5.91 Å². The third kappa shape index (κ3) is 5.10. The number of hydrogen-bond donors (Lipinski definition) is 1. The van der Waals surface area contributed by atoms with Crippen LogP contribution in [0.25, 0.3) is 0 Å². The standard InChI is InChI=1S/C18H25N3O2/c1-12(2)16(18(23)21(5)11-13(3)10-19)20-17(22)15-9-7-6-8-14(15)4/h6-9,12-13,16H,11H2,1-5H3,(H,20,22)/t13-,16+/m1/s1. The summed E-state index contributed by atoms with van der Waals surface area (Å²) in [5.41, 5.74) is 1.44. The third-order valence-electron chi connectivity index (χ3n) is 3.75. The number of aryl methyl sites for hydroxylation is 1. The second-order valence-electron chi connectivity index (χ2n) is 6.26. The minimum atomic E-state index is -0.613. The summed E-state index contributed by atoms with van der Waals surface area (Å²) >= 11 is 0. The van der Waals surface area contributed by atoms with Crippen LogP contribution in [0.2, 0.25) is 0 Å². The van der Waals surface area contributed by atoms with Crippen molar-refractivity contribution in [2.45, 2.75) is 33.7 Å². The summed E-state index contributed by atoms with van der Waals surface area (Å²) in [4.78, 5) is 26.6. The number of carbonyl (C=O) groups excluding carboxylic acids is 2. The second-order valence-corrected chi connectivity index (χ2v) is 6.26. The average molecular weight is 315 g/mol. The number of nitriles is 1. The van der Waals surface area contributed by atoms with Crippen LogP contribution < -0.4 is 5.32 Å². The smallest absolute Gasteiger partial charge is 0.252 e. The Bertz CT molecular complexity index is 605. The molecule has 0 aliphatic carbocycles. The molecule has 124 valence electrons. The quantitative estimate of drug-likeness (QED) is 0.876. The highest BCUT2D eigenvalue weighted by Crippen LogP contribution is 2.11. The van der Waals surface area contributed by atoms with Crippen molar-refractivity contribution in [2.75, 3.05) is 13.6 Å². The van der Waals surface area contributed by atoms with Gasteiger partial charge in [0.1, 0.15) is 6.04 Å². The number of rotatable bonds is 6. The van der Waals surface area contributed by atoms with Gasteiger partial charge in [-0.25, -0.2) is 0 Å². The zero-order chi connectivity index (χ0) is 17.6. The zero-order valence-corrected chi connectivity index (χ0v) is 14.5. The molecule has 1 N–H and O–H groups in total. The molecule has 1 aromatic rings. The summed E-state index contributed by atoms with van der Waals surface area (Å²) in [5, 5.41) is 11.7. The Hall–Kier alpha value is -2.35. The first kappa shape index (κ1) is 18.7. The van der Waals surface area contributed by atoms with Gasteiger partial charge < -0.3 is 10.2 Å². The number of carbonyl (C=O) groups is 2. The van der Waals surface area contributed by atoms with Gasteiger partial charge in [-0.2, -0.15) is 5.26 Å². The molecule has 1 aromatic carbocycles. The predicted molar refractivity (Wildman–Crippen MR) is 89.7 cm³/mol. The van der Waals surface area contributed by atoms with Crippen LogP contribution in [0.15, 0.2) is 24.3 Å². The van der Waals surface area contributed by atoms with Gasteiger partial charge in [-0.05, 0) is 31.4 Å². The first-order valence-corrected chi connectivity index (χ1v) is 7.79. The van der Waals surface area contributed by atoms with Gasteiger partial charge in [-0.15, -0.1) is 0 Å². The Morgan fingerprint density at radius 2 is 1.87 bits per heavy atom. The van der Waals surface area contributed by atoms with Gasteiger partial charge in [0.05, 0.1) is 12.0 Å². The van der Waals surface area contributed by atoms with Crippen LogP contribution in [0.5, 0.6) is 0 Å². The number of amides is 2. The van der Waals surface area contributed by atoms with Crippen molar-refractivity contribution >= 4 is 11.8 Å². The molecule has 0 spiro atoms. The molecular weight excluding hydrogens is 290 g/mol. The highest BCUT2D eigenvalue weighted by Gasteiger charge is 2.28. The maximum atomic E-state index is 12.6. The fraction of sp³-hybridized carbons (Fsp3) is 0.500. The molecular formula is C18H25N3O2. The molecule has 0 unspecified atom stereocenters. The van der Waals surface area contributed by atoms with Crippen molar-refractivity contribution in [1.82, 2.24) is 10.2 Å². The second kappa shape index (κ2) is 8.33. The van der Waals surface area contributed by atoms with E-state index in [4.69, 9.17) is 5.26 Å². The van der Waals surface area contributed by atoms with Crippen molar-refractivity contribution in [3.05, 3.63) is 35.4 Å². The lowest BCUT2D eigenvalue weighted by Crippen LogP contribution is -2.51. The third-order valence-corrected chi connectivity index (χ3v) is 3.75. The SMILES string of the molecule is Cc1ccccc1C(=O)N[C@H](C(=O)N(C)C[C@H](C)C#N)C(C)C. The minimum absolute atomic E-state index is 0.0460. The Kier molecular flexibility index (Phi) is 6.77. The monoisotopic (exact) mass is 315 g/mol. The molecule has 2 atom stereocenters. The van der Waals surface area contributed by atoms with E-state index in [1.807, 2.05) is 32.9 Å². The number of nitrogens with zero attached hydrogens (tertiary/aromatic N) is 2. The van der Waals surface area contributed by atoms with Crippen LogP contribution in [0.3, 0.4) is 0 Å². The van der Waals surface area contributed by atoms with Crippen molar-refractivity contribution in [3.63, 3.8) is 0 Å². The van der Waals surface area contributed by atoms with Crippen LogP contribution in [0, 0.1) is 30.1 Å². The lowest BCUT2D eigenvalue weighted by Gasteiger charge is -2.27. The molecule has 0 radical (unpaired) electrons. The summed E-state index contributed by atoms with van der Waals surface area (Å²) in [6, 6.07) is 8.78. The van der Waals surface area contributed by atoms with Crippen LogP contribution in [0.4, 0.5) is 0 Å². The Morgan fingerprint density at radius 1 is 1.26 bits per heavy atom. The van der Waals surface area contributed by atoms with E-state index in [2.05, 4.69) is 11.4 Å². The summed E-state index contributed by atoms with van der Waals surface area (Å²) in [6.45, 7) is 7.76. The van der Waals surface area contributed by atoms with E-state index in [0.29, 0.717) is 12.1 Å². The maximum absolute atomic E-state index is 12.6. The Balaban J connectivity index is 2.87.